The van der Waals surface area contributed by atoms with Gasteiger partial charge in [0.05, 0.1) is 19.8 Å². The molecule has 0 saturated carbocycles. The van der Waals surface area contributed by atoms with E-state index in [0.29, 0.717) is 12.8 Å². The molecule has 3 unspecified atom stereocenters. The van der Waals surface area contributed by atoms with Crippen LogP contribution in [0.4, 0.5) is 0 Å². The quantitative estimate of drug-likeness (QED) is 0.0234. The zero-order chi connectivity index (χ0) is 42.6. The van der Waals surface area contributed by atoms with Gasteiger partial charge in [-0.1, -0.05) is 199 Å². The average Bonchev–Trinajstić information content (AvgIpc) is 3.21. The lowest BCUT2D eigenvalue weighted by Crippen LogP contribution is -2.29. The lowest BCUT2D eigenvalue weighted by molar-refractivity contribution is -0.161. The largest absolute Gasteiger partial charge is 0.472 e. The summed E-state index contributed by atoms with van der Waals surface area (Å²) in [5.41, 5.74) is 0. The number of phosphoric ester groups is 1. The molecule has 0 aliphatic heterocycles. The molecule has 10 nitrogen and oxygen atoms in total. The summed E-state index contributed by atoms with van der Waals surface area (Å²) >= 11 is 0. The Hall–Kier alpha value is -1.29. The number of hydrogen-bond acceptors (Lipinski definition) is 9. The van der Waals surface area contributed by atoms with Crippen LogP contribution in [0.3, 0.4) is 0 Å². The Morgan fingerprint density at radius 3 is 1.26 bits per heavy atom. The van der Waals surface area contributed by atoms with Crippen LogP contribution >= 0.6 is 7.82 Å². The van der Waals surface area contributed by atoms with Crippen molar-refractivity contribution in [3.63, 3.8) is 0 Å². The van der Waals surface area contributed by atoms with E-state index in [9.17, 15) is 24.2 Å². The number of ether oxygens (including phenoxy) is 2. The van der Waals surface area contributed by atoms with Gasteiger partial charge in [-0.15, -0.1) is 0 Å². The topological polar surface area (TPSA) is 149 Å². The number of esters is 2. The van der Waals surface area contributed by atoms with Crippen LogP contribution in [-0.2, 0) is 32.7 Å². The van der Waals surface area contributed by atoms with Crippen molar-refractivity contribution in [1.29, 1.82) is 0 Å². The molecule has 0 aromatic rings. The van der Waals surface area contributed by atoms with Gasteiger partial charge in [-0.25, -0.2) is 4.57 Å². The van der Waals surface area contributed by atoms with Gasteiger partial charge in [-0.3, -0.25) is 18.6 Å². The van der Waals surface area contributed by atoms with Gasteiger partial charge in [0, 0.05) is 12.8 Å². The SMILES string of the molecule is CCCCCC/C=C\CCCCCCCC(=O)OC(COC(=O)CCCCCCCCCCCCCCCCCCCCCCCC)COP(=O)(O)OCC(O)CO. The number of phosphoric acid groups is 1. The van der Waals surface area contributed by atoms with E-state index in [4.69, 9.17) is 23.6 Å². The van der Waals surface area contributed by atoms with Gasteiger partial charge in [0.15, 0.2) is 6.10 Å². The number of allylic oxidation sites excluding steroid dienone is 2. The molecule has 58 heavy (non-hydrogen) atoms. The summed E-state index contributed by atoms with van der Waals surface area (Å²) in [6.07, 6.45) is 43.3. The second kappa shape index (κ2) is 43.8. The molecule has 0 rings (SSSR count). The van der Waals surface area contributed by atoms with Crippen molar-refractivity contribution in [2.45, 2.75) is 251 Å². The minimum Gasteiger partial charge on any atom is -0.462 e. The fraction of sp³-hybridized carbons (Fsp3) is 0.915. The molecule has 11 heteroatoms. The zero-order valence-corrected chi connectivity index (χ0v) is 38.4. The number of carbonyl (C=O) groups excluding carboxylic acids is 2. The molecule has 0 aromatic carbocycles. The van der Waals surface area contributed by atoms with Crippen LogP contribution in [0.15, 0.2) is 12.2 Å². The molecule has 0 bridgehead atoms. The van der Waals surface area contributed by atoms with Gasteiger partial charge in [-0.05, 0) is 38.5 Å². The van der Waals surface area contributed by atoms with Crippen LogP contribution in [0.2, 0.25) is 0 Å². The van der Waals surface area contributed by atoms with Crippen molar-refractivity contribution < 1.29 is 47.8 Å². The zero-order valence-electron chi connectivity index (χ0n) is 37.5. The van der Waals surface area contributed by atoms with Gasteiger partial charge >= 0.3 is 19.8 Å². The Bertz CT molecular complexity index is 977. The smallest absolute Gasteiger partial charge is 0.462 e. The third-order valence-electron chi connectivity index (χ3n) is 10.7. The molecule has 0 saturated heterocycles. The third kappa shape index (κ3) is 42.8. The van der Waals surface area contributed by atoms with Gasteiger partial charge in [0.1, 0.15) is 12.7 Å². The van der Waals surface area contributed by atoms with Gasteiger partial charge < -0.3 is 24.6 Å². The maximum Gasteiger partial charge on any atom is 0.472 e. The van der Waals surface area contributed by atoms with E-state index in [1.54, 1.807) is 0 Å². The van der Waals surface area contributed by atoms with Crippen molar-refractivity contribution in [2.24, 2.45) is 0 Å². The molecule has 0 aromatic heterocycles. The maximum atomic E-state index is 12.6. The number of aliphatic hydroxyl groups is 2. The molecule has 0 radical (unpaired) electrons. The number of aliphatic hydroxyl groups excluding tert-OH is 2. The molecule has 0 spiro atoms. The summed E-state index contributed by atoms with van der Waals surface area (Å²) in [6.45, 7) is 2.40. The Balaban J connectivity index is 4.12. The summed E-state index contributed by atoms with van der Waals surface area (Å²) in [7, 11) is -4.62. The second-order valence-corrected chi connectivity index (χ2v) is 17.9. The Morgan fingerprint density at radius 2 is 0.845 bits per heavy atom. The first-order chi connectivity index (χ1) is 28.2. The van der Waals surface area contributed by atoms with Gasteiger partial charge in [0.2, 0.25) is 0 Å². The molecule has 344 valence electrons. The predicted octanol–water partition coefficient (Wildman–Crippen LogP) is 13.2. The Kier molecular flexibility index (Phi) is 42.8. The molecule has 0 fully saturated rings. The fourth-order valence-corrected chi connectivity index (χ4v) is 7.72. The van der Waals surface area contributed by atoms with E-state index < -0.39 is 51.8 Å². The maximum absolute atomic E-state index is 12.6. The third-order valence-corrected chi connectivity index (χ3v) is 11.6. The molecule has 0 amide bonds. The van der Waals surface area contributed by atoms with E-state index in [1.807, 2.05) is 0 Å². The molecule has 0 aliphatic rings. The van der Waals surface area contributed by atoms with Crippen molar-refractivity contribution >= 4 is 19.8 Å². The van der Waals surface area contributed by atoms with Gasteiger partial charge in [0.25, 0.3) is 0 Å². The molecule has 0 heterocycles. The first-order valence-electron chi connectivity index (χ1n) is 24.1. The summed E-state index contributed by atoms with van der Waals surface area (Å²) in [4.78, 5) is 35.0. The summed E-state index contributed by atoms with van der Waals surface area (Å²) in [6, 6.07) is 0. The van der Waals surface area contributed by atoms with Gasteiger partial charge in [-0.2, -0.15) is 0 Å². The van der Waals surface area contributed by atoms with Crippen molar-refractivity contribution in [2.75, 3.05) is 26.4 Å². The predicted molar refractivity (Wildman–Crippen MR) is 238 cm³/mol. The Labute approximate surface area is 356 Å². The first kappa shape index (κ1) is 56.7. The van der Waals surface area contributed by atoms with Crippen LogP contribution in [0.1, 0.15) is 239 Å². The monoisotopic (exact) mass is 847 g/mol. The minimum atomic E-state index is -4.62. The van der Waals surface area contributed by atoms with Crippen LogP contribution in [0.5, 0.6) is 0 Å². The highest BCUT2D eigenvalue weighted by Gasteiger charge is 2.27. The van der Waals surface area contributed by atoms with E-state index in [2.05, 4.69) is 26.0 Å². The number of carbonyl (C=O) groups is 2. The first-order valence-corrected chi connectivity index (χ1v) is 25.6. The number of rotatable bonds is 46. The van der Waals surface area contributed by atoms with E-state index in [1.165, 1.54) is 148 Å². The lowest BCUT2D eigenvalue weighted by atomic mass is 10.0. The van der Waals surface area contributed by atoms with Crippen molar-refractivity contribution in [3.05, 3.63) is 12.2 Å². The number of hydrogen-bond donors (Lipinski definition) is 3. The number of unbranched alkanes of at least 4 members (excludes halogenated alkanes) is 30. The molecular weight excluding hydrogens is 755 g/mol. The van der Waals surface area contributed by atoms with Crippen LogP contribution < -0.4 is 0 Å². The lowest BCUT2D eigenvalue weighted by Gasteiger charge is -2.20. The van der Waals surface area contributed by atoms with Crippen molar-refractivity contribution in [1.82, 2.24) is 0 Å². The molecule has 3 N–H and O–H groups in total. The highest BCUT2D eigenvalue weighted by atomic mass is 31.2. The average molecular weight is 847 g/mol. The minimum absolute atomic E-state index is 0.178. The van der Waals surface area contributed by atoms with E-state index in [0.717, 1.165) is 51.4 Å². The second-order valence-electron chi connectivity index (χ2n) is 16.5. The summed E-state index contributed by atoms with van der Waals surface area (Å²) in [5.74, 6) is -0.922. The van der Waals surface area contributed by atoms with E-state index >= 15 is 0 Å². The fourth-order valence-electron chi connectivity index (χ4n) is 6.93. The van der Waals surface area contributed by atoms with Crippen LogP contribution in [0.25, 0.3) is 0 Å². The highest BCUT2D eigenvalue weighted by Crippen LogP contribution is 2.43. The normalized spacial score (nSPS) is 13.8. The van der Waals surface area contributed by atoms with Crippen LogP contribution in [-0.4, -0.2) is 65.7 Å². The van der Waals surface area contributed by atoms with Crippen molar-refractivity contribution in [3.8, 4) is 0 Å². The summed E-state index contributed by atoms with van der Waals surface area (Å²) in [5, 5.41) is 18.3. The molecular formula is C47H91O10P. The summed E-state index contributed by atoms with van der Waals surface area (Å²) < 4.78 is 32.8. The highest BCUT2D eigenvalue weighted by molar-refractivity contribution is 7.47. The standard InChI is InChI=1S/C47H91O10P/c1-3-5-7-9-11-13-15-17-18-19-20-21-22-23-24-25-27-28-30-32-34-36-38-46(50)54-42-45(43-56-58(52,53)55-41-44(49)40-48)57-47(51)39-37-35-33-31-29-26-16-14-12-10-8-6-4-2/h14,16,44-45,48-49H,3-13,15,17-43H2,1-2H3,(H,52,53)/b16-14-. The van der Waals surface area contributed by atoms with E-state index in [-0.39, 0.29) is 19.4 Å². The molecule has 3 atom stereocenters. The van der Waals surface area contributed by atoms with Crippen LogP contribution in [0, 0.1) is 0 Å². The molecule has 0 aliphatic carbocycles. The Morgan fingerprint density at radius 1 is 0.500 bits per heavy atom.